The molecule has 1 heterocycles. The minimum Gasteiger partial charge on any atom is -0.325 e. The number of rotatable bonds is 4. The van der Waals surface area contributed by atoms with Gasteiger partial charge < -0.3 is 4.57 Å². The second-order valence-electron chi connectivity index (χ2n) is 7.41. The number of carbonyl (C=O) groups excluding carboxylic acids is 1. The fourth-order valence-electron chi connectivity index (χ4n) is 4.01. The molecule has 0 saturated heterocycles. The van der Waals surface area contributed by atoms with Crippen molar-refractivity contribution < 1.29 is 17.6 Å². The van der Waals surface area contributed by atoms with Crippen LogP contribution in [0.25, 0.3) is 11.0 Å². The van der Waals surface area contributed by atoms with Crippen molar-refractivity contribution in [1.82, 2.24) is 14.3 Å². The Bertz CT molecular complexity index is 1160. The standard InChI is InChI=1S/C21H22FN3O3S/c1-14-23-19-13-15(7-12-20(19)25(14)17-5-3-2-4-6-17)21(26)24-29(27,28)18-10-8-16(22)9-11-18/h7-13,17H,2-6H2,1H3,(H,24,26). The summed E-state index contributed by atoms with van der Waals surface area (Å²) in [5.41, 5.74) is 1.82. The molecular weight excluding hydrogens is 393 g/mol. The second-order valence-corrected chi connectivity index (χ2v) is 9.10. The van der Waals surface area contributed by atoms with Crippen LogP contribution in [-0.2, 0) is 10.0 Å². The highest BCUT2D eigenvalue weighted by Crippen LogP contribution is 2.32. The fourth-order valence-corrected chi connectivity index (χ4v) is 4.99. The predicted octanol–water partition coefficient (Wildman–Crippen LogP) is 4.11. The first-order chi connectivity index (χ1) is 13.8. The van der Waals surface area contributed by atoms with Crippen LogP contribution in [0.5, 0.6) is 0 Å². The number of halogens is 1. The number of hydrogen-bond donors (Lipinski definition) is 1. The van der Waals surface area contributed by atoms with Crippen LogP contribution >= 0.6 is 0 Å². The van der Waals surface area contributed by atoms with Gasteiger partial charge in [-0.25, -0.2) is 22.5 Å². The molecule has 29 heavy (non-hydrogen) atoms. The van der Waals surface area contributed by atoms with E-state index in [2.05, 4.69) is 9.55 Å². The molecule has 6 nitrogen and oxygen atoms in total. The topological polar surface area (TPSA) is 81.1 Å². The number of nitrogens with one attached hydrogen (secondary N) is 1. The van der Waals surface area contributed by atoms with E-state index in [1.54, 1.807) is 12.1 Å². The fraction of sp³-hybridized carbons (Fsp3) is 0.333. The maximum absolute atomic E-state index is 13.0. The lowest BCUT2D eigenvalue weighted by molar-refractivity contribution is 0.0981. The maximum atomic E-state index is 13.0. The number of nitrogens with zero attached hydrogens (tertiary/aromatic N) is 2. The smallest absolute Gasteiger partial charge is 0.265 e. The Hall–Kier alpha value is -2.74. The van der Waals surface area contributed by atoms with Gasteiger partial charge in [0.05, 0.1) is 15.9 Å². The molecule has 4 rings (SSSR count). The van der Waals surface area contributed by atoms with Gasteiger partial charge in [0.15, 0.2) is 0 Å². The first-order valence-corrected chi connectivity index (χ1v) is 11.1. The molecule has 152 valence electrons. The molecule has 1 amide bonds. The molecule has 0 aliphatic heterocycles. The third kappa shape index (κ3) is 3.89. The average Bonchev–Trinajstić information content (AvgIpc) is 3.03. The highest BCUT2D eigenvalue weighted by Gasteiger charge is 2.22. The van der Waals surface area contributed by atoms with Gasteiger partial charge in [-0.15, -0.1) is 0 Å². The van der Waals surface area contributed by atoms with Crippen LogP contribution < -0.4 is 4.72 Å². The summed E-state index contributed by atoms with van der Waals surface area (Å²) in [7, 11) is -4.09. The third-order valence-corrected chi connectivity index (χ3v) is 6.77. The Balaban J connectivity index is 1.61. The molecule has 8 heteroatoms. The van der Waals surface area contributed by atoms with Gasteiger partial charge in [0.25, 0.3) is 15.9 Å². The molecule has 1 saturated carbocycles. The van der Waals surface area contributed by atoms with Gasteiger partial charge >= 0.3 is 0 Å². The van der Waals surface area contributed by atoms with E-state index in [9.17, 15) is 17.6 Å². The highest BCUT2D eigenvalue weighted by molar-refractivity contribution is 7.90. The first kappa shape index (κ1) is 19.6. The van der Waals surface area contributed by atoms with E-state index < -0.39 is 21.7 Å². The summed E-state index contributed by atoms with van der Waals surface area (Å²) in [6.07, 6.45) is 5.89. The van der Waals surface area contributed by atoms with Gasteiger partial charge in [0.1, 0.15) is 11.6 Å². The molecule has 1 aliphatic carbocycles. The summed E-state index contributed by atoms with van der Waals surface area (Å²) in [6.45, 7) is 1.95. The lowest BCUT2D eigenvalue weighted by atomic mass is 9.95. The van der Waals surface area contributed by atoms with Crippen LogP contribution in [0.3, 0.4) is 0 Å². The zero-order chi connectivity index (χ0) is 20.6. The monoisotopic (exact) mass is 415 g/mol. The van der Waals surface area contributed by atoms with Crippen molar-refractivity contribution in [2.24, 2.45) is 0 Å². The van der Waals surface area contributed by atoms with E-state index in [-0.39, 0.29) is 10.5 Å². The van der Waals surface area contributed by atoms with Crippen LogP contribution in [0.1, 0.15) is 54.3 Å². The number of sulfonamides is 1. The Kier molecular flexibility index (Phi) is 5.12. The van der Waals surface area contributed by atoms with E-state index in [0.29, 0.717) is 11.6 Å². The Morgan fingerprint density at radius 2 is 1.79 bits per heavy atom. The van der Waals surface area contributed by atoms with Gasteiger partial charge in [-0.1, -0.05) is 19.3 Å². The van der Waals surface area contributed by atoms with Gasteiger partial charge in [0, 0.05) is 11.6 Å². The molecule has 0 bridgehead atoms. The van der Waals surface area contributed by atoms with Crippen molar-refractivity contribution in [2.45, 2.75) is 50.0 Å². The first-order valence-electron chi connectivity index (χ1n) is 9.66. The van der Waals surface area contributed by atoms with E-state index in [0.717, 1.165) is 48.4 Å². The maximum Gasteiger partial charge on any atom is 0.265 e. The van der Waals surface area contributed by atoms with Gasteiger partial charge in [0.2, 0.25) is 0 Å². The summed E-state index contributed by atoms with van der Waals surface area (Å²) < 4.78 is 42.1. The van der Waals surface area contributed by atoms with Crippen molar-refractivity contribution in [3.8, 4) is 0 Å². The van der Waals surface area contributed by atoms with Crippen molar-refractivity contribution >= 4 is 27.0 Å². The van der Waals surface area contributed by atoms with Crippen molar-refractivity contribution in [1.29, 1.82) is 0 Å². The van der Waals surface area contributed by atoms with Crippen LogP contribution in [0.2, 0.25) is 0 Å². The number of amides is 1. The highest BCUT2D eigenvalue weighted by atomic mass is 32.2. The zero-order valence-electron chi connectivity index (χ0n) is 16.1. The summed E-state index contributed by atoms with van der Waals surface area (Å²) in [4.78, 5) is 17.0. The van der Waals surface area contributed by atoms with Crippen LogP contribution in [0.4, 0.5) is 4.39 Å². The average molecular weight is 415 g/mol. The van der Waals surface area contributed by atoms with E-state index in [4.69, 9.17) is 0 Å². The Morgan fingerprint density at radius 3 is 2.48 bits per heavy atom. The Morgan fingerprint density at radius 1 is 1.10 bits per heavy atom. The van der Waals surface area contributed by atoms with E-state index in [1.807, 2.05) is 17.7 Å². The molecule has 1 fully saturated rings. The van der Waals surface area contributed by atoms with E-state index >= 15 is 0 Å². The molecule has 1 N–H and O–H groups in total. The largest absolute Gasteiger partial charge is 0.325 e. The van der Waals surface area contributed by atoms with Crippen LogP contribution in [0.15, 0.2) is 47.4 Å². The number of hydrogen-bond acceptors (Lipinski definition) is 4. The van der Waals surface area contributed by atoms with Crippen molar-refractivity contribution in [3.63, 3.8) is 0 Å². The zero-order valence-corrected chi connectivity index (χ0v) is 16.9. The van der Waals surface area contributed by atoms with E-state index in [1.165, 1.54) is 19.3 Å². The van der Waals surface area contributed by atoms with Gasteiger partial charge in [-0.05, 0) is 62.2 Å². The quantitative estimate of drug-likeness (QED) is 0.695. The third-order valence-electron chi connectivity index (χ3n) is 5.42. The number of fused-ring (bicyclic) bond motifs is 1. The predicted molar refractivity (Wildman–Crippen MR) is 108 cm³/mol. The normalized spacial score (nSPS) is 15.5. The van der Waals surface area contributed by atoms with Crippen LogP contribution in [-0.4, -0.2) is 23.9 Å². The van der Waals surface area contributed by atoms with Gasteiger partial charge in [-0.2, -0.15) is 0 Å². The van der Waals surface area contributed by atoms with Crippen LogP contribution in [0, 0.1) is 12.7 Å². The number of benzene rings is 2. The number of imidazole rings is 1. The summed E-state index contributed by atoms with van der Waals surface area (Å²) in [5.74, 6) is -0.408. The lowest BCUT2D eigenvalue weighted by Gasteiger charge is -2.25. The Labute approximate surface area is 168 Å². The molecule has 2 aromatic carbocycles. The van der Waals surface area contributed by atoms with Gasteiger partial charge in [-0.3, -0.25) is 4.79 Å². The molecule has 0 atom stereocenters. The number of aromatic nitrogens is 2. The summed E-state index contributed by atoms with van der Waals surface area (Å²) in [6, 6.07) is 9.75. The molecule has 0 spiro atoms. The number of aryl methyl sites for hydroxylation is 1. The molecule has 0 unspecified atom stereocenters. The molecule has 1 aromatic heterocycles. The van der Waals surface area contributed by atoms with Crippen molar-refractivity contribution in [2.75, 3.05) is 0 Å². The molecule has 0 radical (unpaired) electrons. The second kappa shape index (κ2) is 7.59. The summed E-state index contributed by atoms with van der Waals surface area (Å²) in [5, 5.41) is 0. The molecule has 1 aliphatic rings. The SMILES string of the molecule is Cc1nc2cc(C(=O)NS(=O)(=O)c3ccc(F)cc3)ccc2n1C1CCCCC1. The lowest BCUT2D eigenvalue weighted by Crippen LogP contribution is -2.30. The minimum absolute atomic E-state index is 0.175. The molecular formula is C21H22FN3O3S. The van der Waals surface area contributed by atoms with Crippen molar-refractivity contribution in [3.05, 3.63) is 59.7 Å². The molecule has 3 aromatic rings. The summed E-state index contributed by atoms with van der Waals surface area (Å²) >= 11 is 0. The minimum atomic E-state index is -4.09. The number of carbonyl (C=O) groups is 1.